The van der Waals surface area contributed by atoms with Gasteiger partial charge in [-0.1, -0.05) is 74.5 Å². The predicted molar refractivity (Wildman–Crippen MR) is 151 cm³/mol. The second-order valence-electron chi connectivity index (χ2n) is 10.2. The number of piperidine rings is 1. The maximum Gasteiger partial charge on any atom is 0.401 e. The van der Waals surface area contributed by atoms with Crippen LogP contribution in [0.2, 0.25) is 0 Å². The molecule has 202 valence electrons. The van der Waals surface area contributed by atoms with Gasteiger partial charge in [-0.25, -0.2) is 0 Å². The Labute approximate surface area is 226 Å². The van der Waals surface area contributed by atoms with E-state index < -0.39 is 18.8 Å². The summed E-state index contributed by atoms with van der Waals surface area (Å²) in [4.78, 5) is 4.85. The lowest BCUT2D eigenvalue weighted by atomic mass is 9.92. The number of thiol groups is 1. The minimum absolute atomic E-state index is 0.229. The number of hydrogen-bond acceptors (Lipinski definition) is 3. The highest BCUT2D eigenvalue weighted by molar-refractivity contribution is 7.80. The van der Waals surface area contributed by atoms with Gasteiger partial charge in [0, 0.05) is 11.4 Å². The van der Waals surface area contributed by atoms with E-state index in [1.165, 1.54) is 5.56 Å². The summed E-state index contributed by atoms with van der Waals surface area (Å²) in [5.74, 6) is 0.229. The van der Waals surface area contributed by atoms with Crippen LogP contribution >= 0.6 is 12.6 Å². The Bertz CT molecular complexity index is 964. The van der Waals surface area contributed by atoms with Crippen molar-refractivity contribution in [3.05, 3.63) is 90.0 Å². The Morgan fingerprint density at radius 3 is 2.41 bits per heavy atom. The summed E-state index contributed by atoms with van der Waals surface area (Å²) in [5.41, 5.74) is 2.87. The first-order chi connectivity index (χ1) is 17.7. The highest BCUT2D eigenvalue weighted by Crippen LogP contribution is 2.34. The summed E-state index contributed by atoms with van der Waals surface area (Å²) < 4.78 is 41.4. The molecule has 1 fully saturated rings. The molecule has 1 aliphatic heterocycles. The molecule has 3 rings (SSSR count). The zero-order valence-electron chi connectivity index (χ0n) is 22.0. The predicted octanol–water partition coefficient (Wildman–Crippen LogP) is 8.14. The zero-order valence-corrected chi connectivity index (χ0v) is 22.9. The van der Waals surface area contributed by atoms with Crippen molar-refractivity contribution in [1.82, 2.24) is 9.80 Å². The van der Waals surface area contributed by atoms with Crippen molar-refractivity contribution in [3.8, 4) is 0 Å². The van der Waals surface area contributed by atoms with Gasteiger partial charge in [-0.05, 0) is 86.5 Å². The van der Waals surface area contributed by atoms with E-state index in [4.69, 9.17) is 0 Å². The van der Waals surface area contributed by atoms with E-state index in [1.54, 1.807) is 4.90 Å². The van der Waals surface area contributed by atoms with Crippen molar-refractivity contribution in [2.24, 2.45) is 5.92 Å². The van der Waals surface area contributed by atoms with Gasteiger partial charge in [0.15, 0.2) is 0 Å². The van der Waals surface area contributed by atoms with Gasteiger partial charge in [-0.2, -0.15) is 13.2 Å². The van der Waals surface area contributed by atoms with Crippen LogP contribution in [-0.4, -0.2) is 48.7 Å². The zero-order chi connectivity index (χ0) is 26.7. The average Bonchev–Trinajstić information content (AvgIpc) is 2.86. The number of unbranched alkanes of at least 4 members (excludes halogenated alkanes) is 1. The van der Waals surface area contributed by atoms with Crippen LogP contribution in [0, 0.1) is 5.92 Å². The molecule has 1 unspecified atom stereocenters. The molecule has 0 spiro atoms. The van der Waals surface area contributed by atoms with Gasteiger partial charge in [0.25, 0.3) is 0 Å². The van der Waals surface area contributed by atoms with Crippen molar-refractivity contribution >= 4 is 12.6 Å². The number of aryl methyl sites for hydroxylation is 1. The van der Waals surface area contributed by atoms with Crippen molar-refractivity contribution in [1.29, 1.82) is 0 Å². The smallest absolute Gasteiger partial charge is 0.303 e. The summed E-state index contributed by atoms with van der Waals surface area (Å²) in [6.07, 6.45) is 5.49. The summed E-state index contributed by atoms with van der Waals surface area (Å²) in [6, 6.07) is 17.4. The van der Waals surface area contributed by atoms with E-state index in [2.05, 4.69) is 55.3 Å². The van der Waals surface area contributed by atoms with Crippen molar-refractivity contribution in [2.75, 3.05) is 32.7 Å². The molecule has 0 aliphatic carbocycles. The summed E-state index contributed by atoms with van der Waals surface area (Å²) in [6.45, 7) is 8.68. The highest BCUT2D eigenvalue weighted by atomic mass is 32.1. The number of likely N-dealkylation sites (tertiary alicyclic amines) is 1. The SMILES string of the molecule is C=C(/C=C\CCC)C(c1ccc(S)cc1)N(CC1CCN(CCCc2ccccc2)CC1)CC(F)(F)F. The first kappa shape index (κ1) is 29.5. The third-order valence-electron chi connectivity index (χ3n) is 7.08. The number of alkyl halides is 3. The van der Waals surface area contributed by atoms with Crippen LogP contribution in [0.3, 0.4) is 0 Å². The van der Waals surface area contributed by atoms with Gasteiger partial charge >= 0.3 is 6.18 Å². The van der Waals surface area contributed by atoms with Crippen LogP contribution in [0.4, 0.5) is 13.2 Å². The number of benzene rings is 2. The number of allylic oxidation sites excluding steroid dienone is 1. The van der Waals surface area contributed by atoms with E-state index in [0.29, 0.717) is 12.1 Å². The maximum atomic E-state index is 13.8. The molecule has 1 atom stereocenters. The molecule has 37 heavy (non-hydrogen) atoms. The van der Waals surface area contributed by atoms with Gasteiger partial charge < -0.3 is 4.90 Å². The quantitative estimate of drug-likeness (QED) is 0.206. The van der Waals surface area contributed by atoms with Gasteiger partial charge in [-0.15, -0.1) is 12.6 Å². The largest absolute Gasteiger partial charge is 0.401 e. The van der Waals surface area contributed by atoms with Crippen LogP contribution in [0.25, 0.3) is 0 Å². The fourth-order valence-electron chi connectivity index (χ4n) is 5.18. The highest BCUT2D eigenvalue weighted by Gasteiger charge is 2.36. The van der Waals surface area contributed by atoms with E-state index in [-0.39, 0.29) is 5.92 Å². The van der Waals surface area contributed by atoms with Crippen molar-refractivity contribution in [3.63, 3.8) is 0 Å². The molecule has 0 aromatic heterocycles. The Morgan fingerprint density at radius 2 is 1.78 bits per heavy atom. The van der Waals surface area contributed by atoms with Crippen LogP contribution < -0.4 is 0 Å². The van der Waals surface area contributed by atoms with Crippen LogP contribution in [0.1, 0.15) is 56.2 Å². The normalized spacial score (nSPS) is 16.5. The molecular formula is C31H41F3N2S. The third-order valence-corrected chi connectivity index (χ3v) is 7.38. The molecule has 1 aliphatic rings. The molecule has 1 saturated heterocycles. The summed E-state index contributed by atoms with van der Waals surface area (Å²) in [5, 5.41) is 0. The Hall–Kier alpha value is -2.02. The Kier molecular flexibility index (Phi) is 11.8. The molecule has 6 heteroatoms. The van der Waals surface area contributed by atoms with Crippen LogP contribution in [0.15, 0.2) is 83.8 Å². The topological polar surface area (TPSA) is 6.48 Å². The molecular weight excluding hydrogens is 489 g/mol. The van der Waals surface area contributed by atoms with E-state index >= 15 is 0 Å². The van der Waals surface area contributed by atoms with Gasteiger partial charge in [-0.3, -0.25) is 4.90 Å². The van der Waals surface area contributed by atoms with E-state index in [9.17, 15) is 13.2 Å². The van der Waals surface area contributed by atoms with Crippen LogP contribution in [-0.2, 0) is 6.42 Å². The van der Waals surface area contributed by atoms with E-state index in [0.717, 1.165) is 68.6 Å². The third kappa shape index (κ3) is 10.3. The maximum absolute atomic E-state index is 13.8. The molecule has 2 nitrogen and oxygen atoms in total. The number of rotatable bonds is 13. The number of hydrogen-bond donors (Lipinski definition) is 1. The van der Waals surface area contributed by atoms with Crippen molar-refractivity contribution < 1.29 is 13.2 Å². The van der Waals surface area contributed by atoms with Gasteiger partial charge in [0.05, 0.1) is 12.6 Å². The Morgan fingerprint density at radius 1 is 1.11 bits per heavy atom. The fraction of sp³-hybridized carbons (Fsp3) is 0.484. The molecule has 1 heterocycles. The second-order valence-corrected chi connectivity index (χ2v) is 10.7. The molecule has 0 radical (unpaired) electrons. The summed E-state index contributed by atoms with van der Waals surface area (Å²) in [7, 11) is 0. The average molecular weight is 531 g/mol. The minimum Gasteiger partial charge on any atom is -0.303 e. The number of halogens is 3. The van der Waals surface area contributed by atoms with E-state index in [1.807, 2.05) is 42.5 Å². The molecule has 0 amide bonds. The van der Waals surface area contributed by atoms with Crippen LogP contribution in [0.5, 0.6) is 0 Å². The first-order valence-corrected chi connectivity index (χ1v) is 13.9. The summed E-state index contributed by atoms with van der Waals surface area (Å²) >= 11 is 4.37. The standard InChI is InChI=1S/C31H41F3N2S/c1-3-4-6-10-25(2)30(28-14-16-29(37)17-15-28)36(24-31(32,33)34)23-27-18-21-35(22-19-27)20-9-13-26-11-7-5-8-12-26/h5-8,10-12,14-17,27,30,37H,2-4,9,13,18-24H2,1H3/b10-6-. The monoisotopic (exact) mass is 530 g/mol. The van der Waals surface area contributed by atoms with Crippen molar-refractivity contribution in [2.45, 2.75) is 62.6 Å². The first-order valence-electron chi connectivity index (χ1n) is 13.5. The molecule has 0 saturated carbocycles. The molecule has 0 N–H and O–H groups in total. The lowest BCUT2D eigenvalue weighted by molar-refractivity contribution is -0.151. The second kappa shape index (κ2) is 14.8. The van der Waals surface area contributed by atoms with Gasteiger partial charge in [0.2, 0.25) is 0 Å². The lowest BCUT2D eigenvalue weighted by Gasteiger charge is -2.39. The molecule has 0 bridgehead atoms. The number of nitrogens with zero attached hydrogens (tertiary/aromatic N) is 2. The lowest BCUT2D eigenvalue weighted by Crippen LogP contribution is -2.43. The van der Waals surface area contributed by atoms with Gasteiger partial charge in [0.1, 0.15) is 0 Å². The minimum atomic E-state index is -4.28. The fourth-order valence-corrected chi connectivity index (χ4v) is 5.32. The molecule has 2 aromatic rings. The Balaban J connectivity index is 1.66. The molecule has 2 aromatic carbocycles.